The highest BCUT2D eigenvalue weighted by molar-refractivity contribution is 7.94. The molecule has 0 saturated heterocycles. The summed E-state index contributed by atoms with van der Waals surface area (Å²) in [5.41, 5.74) is -0.142. The van der Waals surface area contributed by atoms with Crippen LogP contribution in [0, 0.1) is 13.8 Å². The molecule has 1 aromatic carbocycles. The fourth-order valence-electron chi connectivity index (χ4n) is 2.40. The van der Waals surface area contributed by atoms with Crippen LogP contribution in [0.3, 0.4) is 0 Å². The average Bonchev–Trinajstić information content (AvgIpc) is 3.22. The SMILES string of the molecule is Cc1cc(S(=O)(=O)Nc2cc(Cl)c(Cl)cc2NS(=O)(=O)c2cccs2)c(C)o1. The topological polar surface area (TPSA) is 105 Å². The summed E-state index contributed by atoms with van der Waals surface area (Å²) in [6, 6.07) is 6.84. The van der Waals surface area contributed by atoms with Crippen molar-refractivity contribution in [2.75, 3.05) is 9.44 Å². The number of benzene rings is 1. The number of aryl methyl sites for hydroxylation is 2. The fourth-order valence-corrected chi connectivity index (χ4v) is 6.10. The molecule has 0 radical (unpaired) electrons. The van der Waals surface area contributed by atoms with E-state index >= 15 is 0 Å². The maximum atomic E-state index is 12.8. The number of thiophene rings is 1. The van der Waals surface area contributed by atoms with Crippen molar-refractivity contribution in [2.45, 2.75) is 23.0 Å². The molecule has 0 aliphatic carbocycles. The average molecular weight is 481 g/mol. The van der Waals surface area contributed by atoms with Gasteiger partial charge in [0.15, 0.2) is 0 Å². The third kappa shape index (κ3) is 4.31. The monoisotopic (exact) mass is 480 g/mol. The molecule has 150 valence electrons. The zero-order chi connectivity index (χ0) is 20.7. The van der Waals surface area contributed by atoms with E-state index in [9.17, 15) is 16.8 Å². The Morgan fingerprint density at radius 2 is 1.50 bits per heavy atom. The Kier molecular flexibility index (Phi) is 5.70. The Labute approximate surface area is 176 Å². The minimum atomic E-state index is -4.06. The van der Waals surface area contributed by atoms with Crippen LogP contribution >= 0.6 is 34.5 Å². The number of nitrogens with one attached hydrogen (secondary N) is 2. The van der Waals surface area contributed by atoms with Crippen LogP contribution in [0.25, 0.3) is 0 Å². The van der Waals surface area contributed by atoms with E-state index in [4.69, 9.17) is 27.6 Å². The molecule has 28 heavy (non-hydrogen) atoms. The molecule has 7 nitrogen and oxygen atoms in total. The molecule has 2 aromatic heterocycles. The van der Waals surface area contributed by atoms with Crippen LogP contribution in [-0.4, -0.2) is 16.8 Å². The second-order valence-electron chi connectivity index (χ2n) is 5.73. The van der Waals surface area contributed by atoms with Crippen LogP contribution in [-0.2, 0) is 20.0 Å². The van der Waals surface area contributed by atoms with Gasteiger partial charge in [-0.1, -0.05) is 29.3 Å². The zero-order valence-electron chi connectivity index (χ0n) is 14.5. The number of sulfonamides is 2. The van der Waals surface area contributed by atoms with Gasteiger partial charge in [-0.2, -0.15) is 0 Å². The summed E-state index contributed by atoms with van der Waals surface area (Å²) in [7, 11) is -8.00. The van der Waals surface area contributed by atoms with Crippen LogP contribution in [0.4, 0.5) is 11.4 Å². The Bertz CT molecular complexity index is 1230. The highest BCUT2D eigenvalue weighted by atomic mass is 35.5. The van der Waals surface area contributed by atoms with Crippen LogP contribution in [0.15, 0.2) is 49.2 Å². The molecule has 0 amide bonds. The predicted molar refractivity (Wildman–Crippen MR) is 111 cm³/mol. The zero-order valence-corrected chi connectivity index (χ0v) is 18.4. The van der Waals surface area contributed by atoms with E-state index in [0.29, 0.717) is 5.76 Å². The normalized spacial score (nSPS) is 12.1. The van der Waals surface area contributed by atoms with Gasteiger partial charge < -0.3 is 4.42 Å². The maximum Gasteiger partial charge on any atom is 0.271 e. The maximum absolute atomic E-state index is 12.8. The molecule has 3 rings (SSSR count). The fraction of sp³-hybridized carbons (Fsp3) is 0.125. The van der Waals surface area contributed by atoms with E-state index in [0.717, 1.165) is 11.3 Å². The van der Waals surface area contributed by atoms with Gasteiger partial charge in [0.1, 0.15) is 20.6 Å². The molecule has 0 fully saturated rings. The minimum absolute atomic E-state index is 0.0542. The number of hydrogen-bond acceptors (Lipinski definition) is 6. The quantitative estimate of drug-likeness (QED) is 0.523. The Hall–Kier alpha value is -1.72. The van der Waals surface area contributed by atoms with Gasteiger partial charge in [-0.05, 0) is 37.4 Å². The van der Waals surface area contributed by atoms with Crippen molar-refractivity contribution in [1.82, 2.24) is 0 Å². The largest absolute Gasteiger partial charge is 0.465 e. The molecule has 0 aliphatic heterocycles. The van der Waals surface area contributed by atoms with Gasteiger partial charge in [0.2, 0.25) is 0 Å². The summed E-state index contributed by atoms with van der Waals surface area (Å²) < 4.78 is 60.6. The molecule has 0 atom stereocenters. The summed E-state index contributed by atoms with van der Waals surface area (Å²) in [4.78, 5) is -0.0665. The molecular weight excluding hydrogens is 467 g/mol. The lowest BCUT2D eigenvalue weighted by molar-refractivity contribution is 0.496. The lowest BCUT2D eigenvalue weighted by atomic mass is 10.3. The van der Waals surface area contributed by atoms with Gasteiger partial charge >= 0.3 is 0 Å². The molecule has 2 N–H and O–H groups in total. The third-order valence-corrected chi connectivity index (χ3v) is 8.55. The summed E-state index contributed by atoms with van der Waals surface area (Å²) in [5.74, 6) is 0.622. The van der Waals surface area contributed by atoms with Crippen LogP contribution < -0.4 is 9.44 Å². The van der Waals surface area contributed by atoms with E-state index in [2.05, 4.69) is 9.44 Å². The van der Waals surface area contributed by atoms with Crippen molar-refractivity contribution in [3.05, 3.63) is 57.3 Å². The first-order valence-electron chi connectivity index (χ1n) is 7.65. The van der Waals surface area contributed by atoms with E-state index < -0.39 is 20.0 Å². The smallest absolute Gasteiger partial charge is 0.271 e. The number of furan rings is 1. The van der Waals surface area contributed by atoms with Crippen LogP contribution in [0.1, 0.15) is 11.5 Å². The predicted octanol–water partition coefficient (Wildman–Crippen LogP) is 4.87. The van der Waals surface area contributed by atoms with Gasteiger partial charge in [0, 0.05) is 6.07 Å². The summed E-state index contributed by atoms with van der Waals surface area (Å²) in [5, 5.41) is 1.72. The number of hydrogen-bond donors (Lipinski definition) is 2. The molecule has 0 bridgehead atoms. The van der Waals surface area contributed by atoms with E-state index in [1.165, 1.54) is 31.2 Å². The summed E-state index contributed by atoms with van der Waals surface area (Å²) in [6.07, 6.45) is 0. The van der Waals surface area contributed by atoms with Crippen molar-refractivity contribution in [1.29, 1.82) is 0 Å². The molecule has 0 saturated carbocycles. The molecular formula is C16H14Cl2N2O5S3. The van der Waals surface area contributed by atoms with E-state index in [1.807, 2.05) is 0 Å². The van der Waals surface area contributed by atoms with Crippen molar-refractivity contribution in [2.24, 2.45) is 0 Å². The van der Waals surface area contributed by atoms with E-state index in [-0.39, 0.29) is 36.3 Å². The standard InChI is InChI=1S/C16H14Cl2N2O5S3/c1-9-6-15(10(2)25-9)27(21,22)19-13-7-11(17)12(18)8-14(13)20-28(23,24)16-4-3-5-26-16/h3-8,19-20H,1-2H3. The highest BCUT2D eigenvalue weighted by Crippen LogP contribution is 2.36. The molecule has 0 unspecified atom stereocenters. The van der Waals surface area contributed by atoms with Gasteiger partial charge in [0.05, 0.1) is 21.4 Å². The molecule has 2 heterocycles. The molecule has 0 aliphatic rings. The van der Waals surface area contributed by atoms with Gasteiger partial charge in [-0.3, -0.25) is 9.44 Å². The first-order chi connectivity index (χ1) is 13.0. The minimum Gasteiger partial charge on any atom is -0.465 e. The second kappa shape index (κ2) is 7.60. The van der Waals surface area contributed by atoms with Crippen LogP contribution in [0.5, 0.6) is 0 Å². The van der Waals surface area contributed by atoms with Crippen molar-refractivity contribution < 1.29 is 21.3 Å². The second-order valence-corrected chi connectivity index (χ2v) is 11.1. The first-order valence-corrected chi connectivity index (χ1v) is 12.2. The summed E-state index contributed by atoms with van der Waals surface area (Å²) >= 11 is 13.0. The van der Waals surface area contributed by atoms with Crippen molar-refractivity contribution >= 4 is 66.0 Å². The number of anilines is 2. The van der Waals surface area contributed by atoms with E-state index in [1.54, 1.807) is 18.4 Å². The van der Waals surface area contributed by atoms with Gasteiger partial charge in [-0.15, -0.1) is 11.3 Å². The van der Waals surface area contributed by atoms with Crippen molar-refractivity contribution in [3.8, 4) is 0 Å². The van der Waals surface area contributed by atoms with Gasteiger partial charge in [-0.25, -0.2) is 16.8 Å². The highest BCUT2D eigenvalue weighted by Gasteiger charge is 2.24. The lowest BCUT2D eigenvalue weighted by Crippen LogP contribution is -2.17. The number of rotatable bonds is 6. The summed E-state index contributed by atoms with van der Waals surface area (Å²) in [6.45, 7) is 3.13. The van der Waals surface area contributed by atoms with Crippen molar-refractivity contribution in [3.63, 3.8) is 0 Å². The first kappa shape index (κ1) is 21.0. The third-order valence-electron chi connectivity index (χ3n) is 3.59. The molecule has 12 heteroatoms. The van der Waals surface area contributed by atoms with Crippen LogP contribution in [0.2, 0.25) is 10.0 Å². The Balaban J connectivity index is 2.04. The Morgan fingerprint density at radius 3 is 1.96 bits per heavy atom. The Morgan fingerprint density at radius 1 is 0.929 bits per heavy atom. The lowest BCUT2D eigenvalue weighted by Gasteiger charge is -2.15. The molecule has 0 spiro atoms. The number of halogens is 2. The van der Waals surface area contributed by atoms with Gasteiger partial charge in [0.25, 0.3) is 20.0 Å². The molecule has 3 aromatic rings.